The number of benzene rings is 2. The van der Waals surface area contributed by atoms with Gasteiger partial charge in [0.05, 0.1) is 24.4 Å². The molecule has 1 aliphatic rings. The minimum atomic E-state index is -0.406. The number of ether oxygens (including phenoxy) is 3. The predicted molar refractivity (Wildman–Crippen MR) is 106 cm³/mol. The molecule has 0 bridgehead atoms. The molecule has 5 nitrogen and oxygen atoms in total. The fourth-order valence-corrected chi connectivity index (χ4v) is 3.07. The molecule has 0 aliphatic carbocycles. The number of hydrogen-bond acceptors (Lipinski definition) is 4. The van der Waals surface area contributed by atoms with Crippen molar-refractivity contribution in [3.8, 4) is 11.5 Å². The Morgan fingerprint density at radius 2 is 1.89 bits per heavy atom. The summed E-state index contributed by atoms with van der Waals surface area (Å²) < 4.78 is 16.4. The number of nitrogens with zero attached hydrogens (tertiary/aromatic N) is 1. The molecular weight excluding hydrogens is 366 g/mol. The zero-order chi connectivity index (χ0) is 19.6. The third-order valence-electron chi connectivity index (χ3n) is 4.48. The summed E-state index contributed by atoms with van der Waals surface area (Å²) >= 11 is 6.05. The molecule has 1 aliphatic heterocycles. The van der Waals surface area contributed by atoms with Gasteiger partial charge in [-0.25, -0.2) is 4.79 Å². The van der Waals surface area contributed by atoms with Crippen molar-refractivity contribution in [1.29, 1.82) is 0 Å². The maximum absolute atomic E-state index is 12.2. The number of halogens is 1. The van der Waals surface area contributed by atoms with E-state index in [0.29, 0.717) is 29.6 Å². The second kappa shape index (κ2) is 7.69. The highest BCUT2D eigenvalue weighted by atomic mass is 35.5. The first-order chi connectivity index (χ1) is 12.8. The SMILES string of the molecule is COc1cc(N2CC(COc3ccc(C(C)(C)C)cc3)OC2=O)ccc1Cl. The van der Waals surface area contributed by atoms with Crippen LogP contribution in [0.5, 0.6) is 11.5 Å². The number of anilines is 1. The Labute approximate surface area is 164 Å². The van der Waals surface area contributed by atoms with Gasteiger partial charge in [-0.1, -0.05) is 44.5 Å². The molecule has 0 radical (unpaired) electrons. The van der Waals surface area contributed by atoms with Gasteiger partial charge in [0.25, 0.3) is 0 Å². The maximum atomic E-state index is 12.2. The van der Waals surface area contributed by atoms with Gasteiger partial charge in [-0.3, -0.25) is 4.90 Å². The van der Waals surface area contributed by atoms with Crippen molar-refractivity contribution < 1.29 is 19.0 Å². The lowest BCUT2D eigenvalue weighted by molar-refractivity contribution is 0.105. The average Bonchev–Trinajstić information content (AvgIpc) is 3.01. The topological polar surface area (TPSA) is 48.0 Å². The highest BCUT2D eigenvalue weighted by Crippen LogP contribution is 2.31. The van der Waals surface area contributed by atoms with Gasteiger partial charge in [-0.15, -0.1) is 0 Å². The van der Waals surface area contributed by atoms with Crippen LogP contribution in [0.25, 0.3) is 0 Å². The van der Waals surface area contributed by atoms with Gasteiger partial charge in [-0.2, -0.15) is 0 Å². The number of carbonyl (C=O) groups excluding carboxylic acids is 1. The molecule has 2 aromatic carbocycles. The Kier molecular flexibility index (Phi) is 5.51. The van der Waals surface area contributed by atoms with Gasteiger partial charge in [0, 0.05) is 6.07 Å². The molecular formula is C21H24ClNO4. The van der Waals surface area contributed by atoms with Crippen LogP contribution in [-0.4, -0.2) is 32.5 Å². The van der Waals surface area contributed by atoms with Gasteiger partial charge in [-0.05, 0) is 35.2 Å². The van der Waals surface area contributed by atoms with E-state index in [1.807, 2.05) is 12.1 Å². The smallest absolute Gasteiger partial charge is 0.414 e. The van der Waals surface area contributed by atoms with Crippen molar-refractivity contribution in [2.24, 2.45) is 0 Å². The average molecular weight is 390 g/mol. The summed E-state index contributed by atoms with van der Waals surface area (Å²) in [6.07, 6.45) is -0.752. The van der Waals surface area contributed by atoms with Crippen LogP contribution in [0.3, 0.4) is 0 Å². The highest BCUT2D eigenvalue weighted by molar-refractivity contribution is 6.32. The van der Waals surface area contributed by atoms with Crippen molar-refractivity contribution in [2.75, 3.05) is 25.2 Å². The Morgan fingerprint density at radius 3 is 2.52 bits per heavy atom. The molecule has 144 valence electrons. The van der Waals surface area contributed by atoms with Crippen LogP contribution in [0.2, 0.25) is 5.02 Å². The predicted octanol–water partition coefficient (Wildman–Crippen LogP) is 5.05. The number of methoxy groups -OCH3 is 1. The van der Waals surface area contributed by atoms with Crippen LogP contribution in [0.4, 0.5) is 10.5 Å². The third-order valence-corrected chi connectivity index (χ3v) is 4.79. The number of cyclic esters (lactones) is 1. The van der Waals surface area contributed by atoms with Gasteiger partial charge >= 0.3 is 6.09 Å². The molecule has 3 rings (SSSR count). The Hall–Kier alpha value is -2.40. The molecule has 6 heteroatoms. The summed E-state index contributed by atoms with van der Waals surface area (Å²) in [5.41, 5.74) is 2.02. The normalized spacial score (nSPS) is 17.0. The number of hydrogen-bond donors (Lipinski definition) is 0. The van der Waals surface area contributed by atoms with Crippen LogP contribution in [0.15, 0.2) is 42.5 Å². The first-order valence-corrected chi connectivity index (χ1v) is 9.21. The monoisotopic (exact) mass is 389 g/mol. The molecule has 1 amide bonds. The number of amides is 1. The summed E-state index contributed by atoms with van der Waals surface area (Å²) in [5.74, 6) is 1.27. The van der Waals surface area contributed by atoms with E-state index in [2.05, 4.69) is 32.9 Å². The van der Waals surface area contributed by atoms with Gasteiger partial charge < -0.3 is 14.2 Å². The van der Waals surface area contributed by atoms with Gasteiger partial charge in [0.15, 0.2) is 6.10 Å². The van der Waals surface area contributed by atoms with Crippen molar-refractivity contribution in [3.05, 3.63) is 53.1 Å². The summed E-state index contributed by atoms with van der Waals surface area (Å²) in [6, 6.07) is 13.2. The van der Waals surface area contributed by atoms with Crippen LogP contribution in [0.1, 0.15) is 26.3 Å². The fourth-order valence-electron chi connectivity index (χ4n) is 2.88. The number of rotatable bonds is 5. The molecule has 1 saturated heterocycles. The Morgan fingerprint density at radius 1 is 1.19 bits per heavy atom. The van der Waals surface area contributed by atoms with E-state index in [1.165, 1.54) is 12.7 Å². The Bertz CT molecular complexity index is 814. The summed E-state index contributed by atoms with van der Waals surface area (Å²) in [7, 11) is 1.54. The zero-order valence-electron chi connectivity index (χ0n) is 16.0. The molecule has 0 saturated carbocycles. The van der Waals surface area contributed by atoms with Crippen molar-refractivity contribution in [1.82, 2.24) is 0 Å². The first-order valence-electron chi connectivity index (χ1n) is 8.83. The molecule has 1 unspecified atom stereocenters. The summed E-state index contributed by atoms with van der Waals surface area (Å²) in [5, 5.41) is 0.493. The minimum Gasteiger partial charge on any atom is -0.495 e. The van der Waals surface area contributed by atoms with E-state index in [0.717, 1.165) is 5.75 Å². The van der Waals surface area contributed by atoms with Crippen LogP contribution in [-0.2, 0) is 10.2 Å². The molecule has 0 spiro atoms. The lowest BCUT2D eigenvalue weighted by Crippen LogP contribution is -2.26. The molecule has 1 atom stereocenters. The fraction of sp³-hybridized carbons (Fsp3) is 0.381. The van der Waals surface area contributed by atoms with Crippen LogP contribution < -0.4 is 14.4 Å². The van der Waals surface area contributed by atoms with E-state index in [9.17, 15) is 4.79 Å². The second-order valence-electron chi connectivity index (χ2n) is 7.52. The first kappa shape index (κ1) is 19.4. The van der Waals surface area contributed by atoms with Gasteiger partial charge in [0.2, 0.25) is 0 Å². The van der Waals surface area contributed by atoms with E-state index < -0.39 is 6.09 Å². The van der Waals surface area contributed by atoms with E-state index in [1.54, 1.807) is 23.1 Å². The third kappa shape index (κ3) is 4.48. The Balaban J connectivity index is 1.61. The lowest BCUT2D eigenvalue weighted by Gasteiger charge is -2.19. The van der Waals surface area contributed by atoms with E-state index in [-0.39, 0.29) is 11.5 Å². The summed E-state index contributed by atoms with van der Waals surface area (Å²) in [4.78, 5) is 13.8. The van der Waals surface area contributed by atoms with Gasteiger partial charge in [0.1, 0.15) is 18.1 Å². The van der Waals surface area contributed by atoms with Crippen LogP contribution >= 0.6 is 11.6 Å². The lowest BCUT2D eigenvalue weighted by atomic mass is 9.87. The number of carbonyl (C=O) groups is 1. The maximum Gasteiger partial charge on any atom is 0.414 e. The highest BCUT2D eigenvalue weighted by Gasteiger charge is 2.33. The second-order valence-corrected chi connectivity index (χ2v) is 7.93. The quantitative estimate of drug-likeness (QED) is 0.717. The van der Waals surface area contributed by atoms with Crippen LogP contribution in [0, 0.1) is 0 Å². The van der Waals surface area contributed by atoms with E-state index >= 15 is 0 Å². The van der Waals surface area contributed by atoms with Crippen molar-refractivity contribution >= 4 is 23.4 Å². The molecule has 1 heterocycles. The standard InChI is InChI=1S/C21H24ClNO4/c1-21(2,3)14-5-8-16(9-6-14)26-13-17-12-23(20(24)27-17)15-7-10-18(22)19(11-15)25-4/h5-11,17H,12-13H2,1-4H3. The molecule has 0 N–H and O–H groups in total. The zero-order valence-corrected chi connectivity index (χ0v) is 16.7. The minimum absolute atomic E-state index is 0.0969. The molecule has 27 heavy (non-hydrogen) atoms. The summed E-state index contributed by atoms with van der Waals surface area (Å²) in [6.45, 7) is 7.20. The van der Waals surface area contributed by atoms with Crippen molar-refractivity contribution in [2.45, 2.75) is 32.3 Å². The van der Waals surface area contributed by atoms with Crippen molar-refractivity contribution in [3.63, 3.8) is 0 Å². The largest absolute Gasteiger partial charge is 0.495 e. The molecule has 2 aromatic rings. The molecule has 1 fully saturated rings. The van der Waals surface area contributed by atoms with E-state index in [4.69, 9.17) is 25.8 Å². The molecule has 0 aromatic heterocycles.